The highest BCUT2D eigenvalue weighted by Gasteiger charge is 2.20. The minimum atomic E-state index is -0.593. The Bertz CT molecular complexity index is 1040. The van der Waals surface area contributed by atoms with Crippen molar-refractivity contribution in [3.63, 3.8) is 0 Å². The van der Waals surface area contributed by atoms with E-state index in [1.807, 2.05) is 30.5 Å². The van der Waals surface area contributed by atoms with Gasteiger partial charge in [-0.2, -0.15) is 5.26 Å². The first-order valence-corrected chi connectivity index (χ1v) is 9.43. The summed E-state index contributed by atoms with van der Waals surface area (Å²) in [4.78, 5) is 28.0. The van der Waals surface area contributed by atoms with Crippen molar-refractivity contribution in [2.24, 2.45) is 0 Å². The Hall–Kier alpha value is -2.96. The number of nitro benzene ring substituents is 1. The van der Waals surface area contributed by atoms with E-state index in [1.165, 1.54) is 23.1 Å². The second kappa shape index (κ2) is 7.51. The number of thioether (sulfide) groups is 1. The van der Waals surface area contributed by atoms with Gasteiger partial charge in [0.05, 0.1) is 33.3 Å². The van der Waals surface area contributed by atoms with Gasteiger partial charge < -0.3 is 4.90 Å². The van der Waals surface area contributed by atoms with Crippen molar-refractivity contribution in [1.29, 1.82) is 5.26 Å². The number of nitrogens with zero attached hydrogens (tertiary/aromatic N) is 4. The number of nitro groups is 1. The summed E-state index contributed by atoms with van der Waals surface area (Å²) in [5, 5.41) is 20.2. The van der Waals surface area contributed by atoms with E-state index in [0.29, 0.717) is 6.41 Å². The van der Waals surface area contributed by atoms with Crippen LogP contribution >= 0.6 is 23.1 Å². The lowest BCUT2D eigenvalue weighted by Crippen LogP contribution is -2.21. The zero-order valence-electron chi connectivity index (χ0n) is 13.6. The van der Waals surface area contributed by atoms with Crippen LogP contribution in [0.3, 0.4) is 0 Å². The molecule has 0 aliphatic carbocycles. The minimum absolute atomic E-state index is 0.151. The maximum absolute atomic E-state index is 11.6. The van der Waals surface area contributed by atoms with Crippen LogP contribution in [0.5, 0.6) is 0 Å². The Labute approximate surface area is 157 Å². The van der Waals surface area contributed by atoms with Crippen molar-refractivity contribution in [2.75, 3.05) is 11.2 Å². The summed E-state index contributed by atoms with van der Waals surface area (Å²) in [6.45, 7) is 0.179. The fourth-order valence-corrected chi connectivity index (χ4v) is 4.04. The van der Waals surface area contributed by atoms with Crippen molar-refractivity contribution in [1.82, 2.24) is 4.98 Å². The van der Waals surface area contributed by atoms with Crippen LogP contribution in [0.25, 0.3) is 10.2 Å². The number of carbonyl (C=O) groups excluding carboxylic acids is 1. The monoisotopic (exact) mass is 384 g/mol. The van der Waals surface area contributed by atoms with Crippen molar-refractivity contribution in [2.45, 2.75) is 10.9 Å². The molecule has 0 atom stereocenters. The van der Waals surface area contributed by atoms with Crippen molar-refractivity contribution >= 4 is 51.1 Å². The Morgan fingerprint density at radius 2 is 2.19 bits per heavy atom. The highest BCUT2D eigenvalue weighted by atomic mass is 32.2. The first-order chi connectivity index (χ1) is 12.5. The number of benzene rings is 2. The normalized spacial score (nSPS) is 10.5. The van der Waals surface area contributed by atoms with Crippen LogP contribution in [-0.4, -0.2) is 22.6 Å². The average molecular weight is 384 g/mol. The molecule has 7 nitrogen and oxygen atoms in total. The number of carbonyl (C=O) groups is 1. The minimum Gasteiger partial charge on any atom is -0.305 e. The van der Waals surface area contributed by atoms with Gasteiger partial charge in [0.2, 0.25) is 6.41 Å². The molecular formula is C17H12N4O3S2. The largest absolute Gasteiger partial charge is 0.305 e. The summed E-state index contributed by atoms with van der Waals surface area (Å²) >= 11 is 3.12. The Balaban J connectivity index is 1.96. The zero-order valence-corrected chi connectivity index (χ0v) is 15.2. The summed E-state index contributed by atoms with van der Waals surface area (Å²) in [7, 11) is 0. The predicted molar refractivity (Wildman–Crippen MR) is 101 cm³/mol. The third-order valence-electron chi connectivity index (χ3n) is 3.70. The predicted octanol–water partition coefficient (Wildman–Crippen LogP) is 3.96. The molecule has 0 aliphatic rings. The first-order valence-electron chi connectivity index (χ1n) is 7.39. The third kappa shape index (κ3) is 3.51. The van der Waals surface area contributed by atoms with E-state index in [9.17, 15) is 14.9 Å². The van der Waals surface area contributed by atoms with Gasteiger partial charge in [0.15, 0.2) is 4.34 Å². The molecule has 0 radical (unpaired) electrons. The summed E-state index contributed by atoms with van der Waals surface area (Å²) < 4.78 is 1.94. The van der Waals surface area contributed by atoms with Gasteiger partial charge in [0, 0.05) is 6.07 Å². The van der Waals surface area contributed by atoms with E-state index < -0.39 is 4.92 Å². The number of amides is 1. The summed E-state index contributed by atoms with van der Waals surface area (Å²) in [6, 6.07) is 11.6. The number of aromatic nitrogens is 1. The Kier molecular flexibility index (Phi) is 5.16. The maximum Gasteiger partial charge on any atom is 0.294 e. The van der Waals surface area contributed by atoms with Gasteiger partial charge in [-0.25, -0.2) is 4.98 Å². The number of nitriles is 1. The van der Waals surface area contributed by atoms with Gasteiger partial charge in [0.25, 0.3) is 5.69 Å². The lowest BCUT2D eigenvalue weighted by atomic mass is 10.1. The van der Waals surface area contributed by atoms with Crippen LogP contribution in [0.4, 0.5) is 11.4 Å². The van der Waals surface area contributed by atoms with Gasteiger partial charge in [0.1, 0.15) is 5.69 Å². The quantitative estimate of drug-likeness (QED) is 0.276. The van der Waals surface area contributed by atoms with Crippen molar-refractivity contribution in [3.05, 3.63) is 57.6 Å². The molecule has 3 aromatic rings. The fraction of sp³-hybridized carbons (Fsp3) is 0.118. The third-order valence-corrected chi connectivity index (χ3v) is 5.70. The van der Waals surface area contributed by atoms with Crippen LogP contribution < -0.4 is 4.90 Å². The standard InChI is InChI=1S/C17H12N4O3S2/c1-25-17-19-13-4-2-12(7-16(13)26-17)9-20(10-22)14-5-3-11(8-18)6-15(14)21(23)24/h2-7,10H,9H2,1H3. The first kappa shape index (κ1) is 17.8. The molecule has 0 spiro atoms. The number of hydrogen-bond donors (Lipinski definition) is 0. The van der Waals surface area contributed by atoms with Crippen LogP contribution in [0.15, 0.2) is 40.7 Å². The zero-order chi connectivity index (χ0) is 18.7. The van der Waals surface area contributed by atoms with E-state index >= 15 is 0 Å². The molecule has 0 saturated carbocycles. The average Bonchev–Trinajstić information content (AvgIpc) is 3.08. The molecule has 9 heteroatoms. The number of anilines is 1. The number of thiazole rings is 1. The second-order valence-corrected chi connectivity index (χ2v) is 7.38. The Morgan fingerprint density at radius 3 is 2.85 bits per heavy atom. The van der Waals surface area contributed by atoms with Gasteiger partial charge in [-0.1, -0.05) is 17.8 Å². The molecule has 0 bridgehead atoms. The molecule has 0 N–H and O–H groups in total. The molecule has 0 aliphatic heterocycles. The number of fused-ring (bicyclic) bond motifs is 1. The smallest absolute Gasteiger partial charge is 0.294 e. The van der Waals surface area contributed by atoms with Crippen LogP contribution in [0, 0.1) is 21.4 Å². The van der Waals surface area contributed by atoms with E-state index in [1.54, 1.807) is 23.1 Å². The van der Waals surface area contributed by atoms with Crippen molar-refractivity contribution < 1.29 is 9.72 Å². The fourth-order valence-electron chi connectivity index (χ4n) is 2.49. The lowest BCUT2D eigenvalue weighted by Gasteiger charge is -2.17. The van der Waals surface area contributed by atoms with E-state index in [-0.39, 0.29) is 23.5 Å². The van der Waals surface area contributed by atoms with E-state index in [0.717, 1.165) is 20.1 Å². The Morgan fingerprint density at radius 1 is 1.38 bits per heavy atom. The molecule has 1 heterocycles. The summed E-state index contributed by atoms with van der Waals surface area (Å²) in [6.07, 6.45) is 2.51. The molecule has 0 fully saturated rings. The van der Waals surface area contributed by atoms with E-state index in [4.69, 9.17) is 5.26 Å². The maximum atomic E-state index is 11.6. The topological polar surface area (TPSA) is 100 Å². The second-order valence-electron chi connectivity index (χ2n) is 5.29. The molecule has 1 amide bonds. The highest BCUT2D eigenvalue weighted by Crippen LogP contribution is 2.32. The summed E-state index contributed by atoms with van der Waals surface area (Å²) in [5.41, 5.74) is 1.75. The van der Waals surface area contributed by atoms with Gasteiger partial charge >= 0.3 is 0 Å². The van der Waals surface area contributed by atoms with Gasteiger partial charge in [-0.15, -0.1) is 11.3 Å². The molecular weight excluding hydrogens is 372 g/mol. The molecule has 130 valence electrons. The molecule has 2 aromatic carbocycles. The van der Waals surface area contributed by atoms with E-state index in [2.05, 4.69) is 4.98 Å². The number of rotatable bonds is 6. The molecule has 1 aromatic heterocycles. The van der Waals surface area contributed by atoms with Crippen LogP contribution in [0.2, 0.25) is 0 Å². The molecule has 0 unspecified atom stereocenters. The highest BCUT2D eigenvalue weighted by molar-refractivity contribution is 8.00. The van der Waals surface area contributed by atoms with Crippen LogP contribution in [0.1, 0.15) is 11.1 Å². The summed E-state index contributed by atoms with van der Waals surface area (Å²) in [5.74, 6) is 0. The van der Waals surface area contributed by atoms with Crippen molar-refractivity contribution in [3.8, 4) is 6.07 Å². The molecule has 26 heavy (non-hydrogen) atoms. The molecule has 3 rings (SSSR count). The number of hydrogen-bond acceptors (Lipinski definition) is 7. The van der Waals surface area contributed by atoms with Crippen LogP contribution in [-0.2, 0) is 11.3 Å². The SMILES string of the molecule is CSc1nc2ccc(CN(C=O)c3ccc(C#N)cc3[N+](=O)[O-])cc2s1. The molecule has 0 saturated heterocycles. The van der Waals surface area contributed by atoms with Gasteiger partial charge in [-0.3, -0.25) is 14.9 Å². The lowest BCUT2D eigenvalue weighted by molar-refractivity contribution is -0.384. The van der Waals surface area contributed by atoms with Gasteiger partial charge in [-0.05, 0) is 36.1 Å².